The zero-order chi connectivity index (χ0) is 12.0. The molecule has 0 amide bonds. The molecule has 1 rings (SSSR count). The van der Waals surface area contributed by atoms with E-state index in [4.69, 9.17) is 4.74 Å². The highest BCUT2D eigenvalue weighted by Crippen LogP contribution is 2.37. The van der Waals surface area contributed by atoms with Gasteiger partial charge in [-0.3, -0.25) is 4.79 Å². The van der Waals surface area contributed by atoms with E-state index in [1.54, 1.807) is 0 Å². The van der Waals surface area contributed by atoms with Crippen LogP contribution in [0.25, 0.3) is 0 Å². The van der Waals surface area contributed by atoms with Crippen LogP contribution in [0, 0.1) is 5.41 Å². The third-order valence-corrected chi connectivity index (χ3v) is 3.37. The quantitative estimate of drug-likeness (QED) is 0.664. The predicted molar refractivity (Wildman–Crippen MR) is 66.1 cm³/mol. The van der Waals surface area contributed by atoms with E-state index >= 15 is 0 Å². The minimum Gasteiger partial charge on any atom is -0.466 e. The Morgan fingerprint density at radius 1 is 1.56 bits per heavy atom. The molecule has 1 unspecified atom stereocenters. The normalized spacial score (nSPS) is 24.1. The van der Waals surface area contributed by atoms with Crippen molar-refractivity contribution in [3.05, 3.63) is 23.8 Å². The van der Waals surface area contributed by atoms with E-state index in [0.29, 0.717) is 13.0 Å². The lowest BCUT2D eigenvalue weighted by Crippen LogP contribution is -2.22. The van der Waals surface area contributed by atoms with Crippen LogP contribution in [-0.4, -0.2) is 12.6 Å². The van der Waals surface area contributed by atoms with Crippen LogP contribution in [0.1, 0.15) is 46.5 Å². The van der Waals surface area contributed by atoms with E-state index in [-0.39, 0.29) is 11.4 Å². The maximum absolute atomic E-state index is 11.2. The molecule has 2 nitrogen and oxygen atoms in total. The summed E-state index contributed by atoms with van der Waals surface area (Å²) in [6.07, 6.45) is 9.78. The molecular formula is C14H22O2. The van der Waals surface area contributed by atoms with Crippen LogP contribution in [-0.2, 0) is 9.53 Å². The molecule has 0 aromatic carbocycles. The van der Waals surface area contributed by atoms with Gasteiger partial charge in [-0.1, -0.05) is 37.6 Å². The highest BCUT2D eigenvalue weighted by Gasteiger charge is 2.26. The molecule has 0 aromatic rings. The van der Waals surface area contributed by atoms with Gasteiger partial charge >= 0.3 is 5.97 Å². The fourth-order valence-electron chi connectivity index (χ4n) is 1.87. The number of esters is 1. The first-order valence-corrected chi connectivity index (χ1v) is 6.08. The molecule has 0 heterocycles. The molecule has 1 aliphatic rings. The number of rotatable bonds is 5. The monoisotopic (exact) mass is 222 g/mol. The fraction of sp³-hybridized carbons (Fsp3) is 0.643. The lowest BCUT2D eigenvalue weighted by Gasteiger charge is -2.31. The van der Waals surface area contributed by atoms with E-state index in [9.17, 15) is 4.79 Å². The lowest BCUT2D eigenvalue weighted by atomic mass is 9.75. The van der Waals surface area contributed by atoms with Gasteiger partial charge in [0.2, 0.25) is 0 Å². The molecule has 0 spiro atoms. The summed E-state index contributed by atoms with van der Waals surface area (Å²) < 4.78 is 5.21. The van der Waals surface area contributed by atoms with E-state index in [1.165, 1.54) is 5.57 Å². The van der Waals surface area contributed by atoms with E-state index in [1.807, 2.05) is 6.92 Å². The highest BCUT2D eigenvalue weighted by atomic mass is 16.5. The van der Waals surface area contributed by atoms with Crippen LogP contribution < -0.4 is 0 Å². The van der Waals surface area contributed by atoms with Crippen molar-refractivity contribution in [1.82, 2.24) is 0 Å². The zero-order valence-corrected chi connectivity index (χ0v) is 10.6. The molecule has 0 saturated heterocycles. The fourth-order valence-corrected chi connectivity index (χ4v) is 1.87. The van der Waals surface area contributed by atoms with Gasteiger partial charge in [-0.25, -0.2) is 0 Å². The van der Waals surface area contributed by atoms with Gasteiger partial charge in [0.05, 0.1) is 6.61 Å². The van der Waals surface area contributed by atoms with Crippen LogP contribution in [0.3, 0.4) is 0 Å². The van der Waals surface area contributed by atoms with Crippen molar-refractivity contribution in [2.75, 3.05) is 6.61 Å². The summed E-state index contributed by atoms with van der Waals surface area (Å²) in [5.74, 6) is -0.0703. The number of carbonyl (C=O) groups is 1. The van der Waals surface area contributed by atoms with Gasteiger partial charge in [0.25, 0.3) is 0 Å². The number of hydrogen-bond acceptors (Lipinski definition) is 2. The summed E-state index contributed by atoms with van der Waals surface area (Å²) in [5.41, 5.74) is 1.54. The number of carbonyl (C=O) groups excluding carboxylic acids is 1. The molecular weight excluding hydrogens is 200 g/mol. The van der Waals surface area contributed by atoms with Gasteiger partial charge in [0.1, 0.15) is 0 Å². The van der Waals surface area contributed by atoms with Crippen molar-refractivity contribution >= 4 is 5.97 Å². The minimum absolute atomic E-state index is 0.0703. The maximum atomic E-state index is 11.2. The number of hydrogen-bond donors (Lipinski definition) is 0. The number of allylic oxidation sites excluding steroid dienone is 4. The summed E-state index contributed by atoms with van der Waals surface area (Å²) in [6, 6.07) is 0. The Labute approximate surface area is 98.4 Å². The second kappa shape index (κ2) is 5.88. The Morgan fingerprint density at radius 2 is 2.31 bits per heavy atom. The molecule has 0 saturated carbocycles. The Kier molecular flexibility index (Phi) is 4.78. The first kappa shape index (κ1) is 13.0. The van der Waals surface area contributed by atoms with E-state index in [0.717, 1.165) is 19.3 Å². The molecule has 0 radical (unpaired) electrons. The third-order valence-electron chi connectivity index (χ3n) is 3.37. The van der Waals surface area contributed by atoms with Crippen molar-refractivity contribution in [2.24, 2.45) is 5.41 Å². The van der Waals surface area contributed by atoms with Gasteiger partial charge in [-0.15, -0.1) is 0 Å². The largest absolute Gasteiger partial charge is 0.466 e. The van der Waals surface area contributed by atoms with Gasteiger partial charge in [0.15, 0.2) is 0 Å². The summed E-state index contributed by atoms with van der Waals surface area (Å²) >= 11 is 0. The molecule has 90 valence electrons. The molecule has 1 atom stereocenters. The summed E-state index contributed by atoms with van der Waals surface area (Å²) in [5, 5.41) is 0. The zero-order valence-electron chi connectivity index (χ0n) is 10.6. The van der Waals surface area contributed by atoms with Crippen molar-refractivity contribution in [3.8, 4) is 0 Å². The van der Waals surface area contributed by atoms with Crippen molar-refractivity contribution in [1.29, 1.82) is 0 Å². The average Bonchev–Trinajstić information content (AvgIpc) is 2.23. The van der Waals surface area contributed by atoms with Crippen LogP contribution in [0.15, 0.2) is 23.8 Å². The molecule has 0 aliphatic heterocycles. The molecule has 2 heteroatoms. The molecule has 1 aliphatic carbocycles. The second-order valence-corrected chi connectivity index (χ2v) is 4.76. The summed E-state index contributed by atoms with van der Waals surface area (Å²) in [4.78, 5) is 11.2. The van der Waals surface area contributed by atoms with Crippen molar-refractivity contribution in [2.45, 2.75) is 46.5 Å². The van der Waals surface area contributed by atoms with Crippen LogP contribution in [0.4, 0.5) is 0 Å². The van der Waals surface area contributed by atoms with Crippen LogP contribution in [0.2, 0.25) is 0 Å². The highest BCUT2D eigenvalue weighted by molar-refractivity contribution is 5.69. The summed E-state index contributed by atoms with van der Waals surface area (Å²) in [7, 11) is 0. The first-order chi connectivity index (χ1) is 7.58. The van der Waals surface area contributed by atoms with Gasteiger partial charge < -0.3 is 4.74 Å². The number of ether oxygens (including phenoxy) is 1. The second-order valence-electron chi connectivity index (χ2n) is 4.76. The lowest BCUT2D eigenvalue weighted by molar-refractivity contribution is -0.144. The molecule has 0 N–H and O–H groups in total. The van der Waals surface area contributed by atoms with Crippen LogP contribution in [0.5, 0.6) is 0 Å². The van der Waals surface area contributed by atoms with Crippen molar-refractivity contribution in [3.63, 3.8) is 0 Å². The maximum Gasteiger partial charge on any atom is 0.305 e. The Morgan fingerprint density at radius 3 is 2.94 bits per heavy atom. The van der Waals surface area contributed by atoms with Crippen LogP contribution >= 0.6 is 0 Å². The van der Waals surface area contributed by atoms with E-state index < -0.39 is 0 Å². The molecule has 0 bridgehead atoms. The predicted octanol–water partition coefficient (Wildman–Crippen LogP) is 3.63. The minimum atomic E-state index is -0.0703. The first-order valence-electron chi connectivity index (χ1n) is 6.08. The SMILES string of the molecule is CCCC(=O)OCCC1(C)CC=CC=C1C. The Bertz CT molecular complexity index is 302. The standard InChI is InChI=1S/C14H22O2/c1-4-7-13(15)16-11-10-14(3)9-6-5-8-12(14)2/h5-6,8H,4,7,9-11H2,1-3H3. The van der Waals surface area contributed by atoms with E-state index in [2.05, 4.69) is 32.1 Å². The van der Waals surface area contributed by atoms with Gasteiger partial charge in [-0.05, 0) is 31.6 Å². The topological polar surface area (TPSA) is 26.3 Å². The Hall–Kier alpha value is -1.05. The average molecular weight is 222 g/mol. The summed E-state index contributed by atoms with van der Waals surface area (Å²) in [6.45, 7) is 6.91. The van der Waals surface area contributed by atoms with Crippen molar-refractivity contribution < 1.29 is 9.53 Å². The Balaban J connectivity index is 2.35. The molecule has 0 fully saturated rings. The van der Waals surface area contributed by atoms with Gasteiger partial charge in [0, 0.05) is 6.42 Å². The molecule has 16 heavy (non-hydrogen) atoms. The smallest absolute Gasteiger partial charge is 0.305 e. The van der Waals surface area contributed by atoms with Gasteiger partial charge in [-0.2, -0.15) is 0 Å². The molecule has 0 aromatic heterocycles. The third kappa shape index (κ3) is 3.51.